The van der Waals surface area contributed by atoms with Crippen LogP contribution < -0.4 is 10.6 Å². The Bertz CT molecular complexity index is 622. The van der Waals surface area contributed by atoms with E-state index in [2.05, 4.69) is 22.5 Å². The molecule has 155 valence electrons. The van der Waals surface area contributed by atoms with Gasteiger partial charge in [0.1, 0.15) is 11.7 Å². The third-order valence-corrected chi connectivity index (χ3v) is 4.16. The van der Waals surface area contributed by atoms with E-state index in [-0.39, 0.29) is 51.1 Å². The Balaban J connectivity index is 0.00000392. The fourth-order valence-electron chi connectivity index (χ4n) is 2.93. The van der Waals surface area contributed by atoms with E-state index >= 15 is 0 Å². The summed E-state index contributed by atoms with van der Waals surface area (Å²) in [4.78, 5) is 26.3. The number of alkyl carbamates (subject to hydrolysis) is 1. The fraction of sp³-hybridized carbons (Fsp3) is 0.632. The normalized spacial score (nSPS) is 20.1. The SMILES string of the molecule is [CH2-]CC(=O)NC1=C(N2CCOCC2)CC(OC)C(NC(=O)OC(C)(C)C)=C1.[Y]. The predicted octanol–water partition coefficient (Wildman–Crippen LogP) is 1.70. The minimum Gasteiger partial charge on any atom is -0.444 e. The number of allylic oxidation sites excluding steroid dienone is 1. The summed E-state index contributed by atoms with van der Waals surface area (Å²) in [6, 6.07) is 0. The van der Waals surface area contributed by atoms with Crippen LogP contribution in [-0.4, -0.2) is 62.0 Å². The molecule has 2 N–H and O–H groups in total. The van der Waals surface area contributed by atoms with Crippen LogP contribution in [0.3, 0.4) is 0 Å². The van der Waals surface area contributed by atoms with Crippen molar-refractivity contribution < 1.29 is 56.5 Å². The summed E-state index contributed by atoms with van der Waals surface area (Å²) >= 11 is 0. The zero-order valence-corrected chi connectivity index (χ0v) is 20.0. The number of nitrogens with zero attached hydrogens (tertiary/aromatic N) is 1. The molecule has 1 saturated heterocycles. The van der Waals surface area contributed by atoms with Gasteiger partial charge in [0.15, 0.2) is 5.91 Å². The van der Waals surface area contributed by atoms with Gasteiger partial charge in [-0.25, -0.2) is 4.79 Å². The maximum atomic E-state index is 12.2. The van der Waals surface area contributed by atoms with Gasteiger partial charge >= 0.3 is 6.09 Å². The Morgan fingerprint density at radius 2 is 1.93 bits per heavy atom. The Hall–Kier alpha value is -0.956. The van der Waals surface area contributed by atoms with Gasteiger partial charge in [0.2, 0.25) is 0 Å². The van der Waals surface area contributed by atoms with Gasteiger partial charge in [-0.05, 0) is 26.8 Å². The van der Waals surface area contributed by atoms with E-state index in [9.17, 15) is 9.59 Å². The van der Waals surface area contributed by atoms with Crippen molar-refractivity contribution in [3.8, 4) is 0 Å². The molecule has 8 nitrogen and oxygen atoms in total. The van der Waals surface area contributed by atoms with Crippen molar-refractivity contribution in [1.82, 2.24) is 15.5 Å². The Kier molecular flexibility index (Phi) is 10.1. The molecule has 1 radical (unpaired) electrons. The van der Waals surface area contributed by atoms with Gasteiger partial charge in [-0.3, -0.25) is 10.1 Å². The van der Waals surface area contributed by atoms with Crippen molar-refractivity contribution in [3.05, 3.63) is 30.1 Å². The molecule has 0 saturated carbocycles. The van der Waals surface area contributed by atoms with Crippen LogP contribution in [0.2, 0.25) is 0 Å². The smallest absolute Gasteiger partial charge is 0.411 e. The molecule has 1 aliphatic carbocycles. The first-order valence-electron chi connectivity index (χ1n) is 9.13. The Morgan fingerprint density at radius 1 is 1.29 bits per heavy atom. The minimum absolute atomic E-state index is 0. The number of hydrogen-bond acceptors (Lipinski definition) is 6. The van der Waals surface area contributed by atoms with E-state index < -0.39 is 11.7 Å². The average Bonchev–Trinajstić information content (AvgIpc) is 2.61. The molecule has 28 heavy (non-hydrogen) atoms. The minimum atomic E-state index is -0.610. The number of rotatable bonds is 5. The molecule has 0 aromatic carbocycles. The van der Waals surface area contributed by atoms with Crippen LogP contribution in [0.5, 0.6) is 0 Å². The van der Waals surface area contributed by atoms with Gasteiger partial charge in [-0.15, -0.1) is 6.42 Å². The third-order valence-electron chi connectivity index (χ3n) is 4.16. The predicted molar refractivity (Wildman–Crippen MR) is 100 cm³/mol. The largest absolute Gasteiger partial charge is 0.444 e. The molecule has 1 fully saturated rings. The second-order valence-corrected chi connectivity index (χ2v) is 7.41. The van der Waals surface area contributed by atoms with Crippen molar-refractivity contribution in [2.75, 3.05) is 33.4 Å². The molecule has 0 bridgehead atoms. The van der Waals surface area contributed by atoms with Crippen molar-refractivity contribution >= 4 is 12.0 Å². The number of carbonyl (C=O) groups is 2. The van der Waals surface area contributed by atoms with E-state index in [4.69, 9.17) is 14.2 Å². The first-order valence-corrected chi connectivity index (χ1v) is 9.13. The number of amides is 2. The quantitative estimate of drug-likeness (QED) is 0.596. The summed E-state index contributed by atoms with van der Waals surface area (Å²) < 4.78 is 16.3. The summed E-state index contributed by atoms with van der Waals surface area (Å²) in [6.45, 7) is 11.7. The molecule has 1 aliphatic heterocycles. The van der Waals surface area contributed by atoms with Gasteiger partial charge in [-0.2, -0.15) is 0 Å². The summed E-state index contributed by atoms with van der Waals surface area (Å²) in [7, 11) is 1.59. The van der Waals surface area contributed by atoms with Crippen LogP contribution in [0.1, 0.15) is 33.6 Å². The number of carbonyl (C=O) groups excluding carboxylic acids is 2. The zero-order chi connectivity index (χ0) is 20.0. The van der Waals surface area contributed by atoms with Gasteiger partial charge < -0.3 is 31.4 Å². The van der Waals surface area contributed by atoms with E-state index in [1.165, 1.54) is 0 Å². The molecule has 1 heterocycles. The molecule has 0 aromatic rings. The first-order chi connectivity index (χ1) is 12.7. The molecule has 2 amide bonds. The number of nitrogens with one attached hydrogen (secondary N) is 2. The summed E-state index contributed by atoms with van der Waals surface area (Å²) in [6.07, 6.45) is 1.46. The van der Waals surface area contributed by atoms with Crippen molar-refractivity contribution in [2.45, 2.75) is 45.3 Å². The Morgan fingerprint density at radius 3 is 2.46 bits per heavy atom. The van der Waals surface area contributed by atoms with Gasteiger partial charge in [-0.1, -0.05) is 0 Å². The molecule has 2 aliphatic rings. The summed E-state index contributed by atoms with van der Waals surface area (Å²) in [5.41, 5.74) is 1.54. The van der Waals surface area contributed by atoms with Crippen molar-refractivity contribution in [3.63, 3.8) is 0 Å². The summed E-state index contributed by atoms with van der Waals surface area (Å²) in [5.74, 6) is -0.195. The van der Waals surface area contributed by atoms with Crippen LogP contribution in [0, 0.1) is 6.92 Å². The molecular weight excluding hydrogens is 439 g/mol. The molecule has 0 aromatic heterocycles. The second kappa shape index (κ2) is 11.3. The number of ether oxygens (including phenoxy) is 3. The molecular formula is C19H30N3O5Y-. The first kappa shape index (κ1) is 25.1. The van der Waals surface area contributed by atoms with Crippen LogP contribution >= 0.6 is 0 Å². The third kappa shape index (κ3) is 7.46. The molecule has 1 atom stereocenters. The molecule has 1 unspecified atom stereocenters. The van der Waals surface area contributed by atoms with E-state index in [1.807, 2.05) is 0 Å². The maximum absolute atomic E-state index is 12.2. The van der Waals surface area contributed by atoms with E-state index in [1.54, 1.807) is 34.0 Å². The van der Waals surface area contributed by atoms with Crippen molar-refractivity contribution in [2.24, 2.45) is 0 Å². The summed E-state index contributed by atoms with van der Waals surface area (Å²) in [5, 5.41) is 5.64. The van der Waals surface area contributed by atoms with E-state index in [0.717, 1.165) is 18.8 Å². The van der Waals surface area contributed by atoms with Gasteiger partial charge in [0, 0.05) is 65.0 Å². The topological polar surface area (TPSA) is 89.1 Å². The van der Waals surface area contributed by atoms with Crippen molar-refractivity contribution in [1.29, 1.82) is 0 Å². The maximum Gasteiger partial charge on any atom is 0.411 e. The number of morpholine rings is 1. The van der Waals surface area contributed by atoms with E-state index in [0.29, 0.717) is 31.0 Å². The van der Waals surface area contributed by atoms with Crippen LogP contribution in [0.15, 0.2) is 23.2 Å². The second-order valence-electron chi connectivity index (χ2n) is 7.41. The molecule has 2 rings (SSSR count). The van der Waals surface area contributed by atoms with Gasteiger partial charge in [0.25, 0.3) is 0 Å². The van der Waals surface area contributed by atoms with Crippen LogP contribution in [-0.2, 0) is 51.7 Å². The monoisotopic (exact) mass is 469 g/mol. The van der Waals surface area contributed by atoms with Gasteiger partial charge in [0.05, 0.1) is 24.6 Å². The zero-order valence-electron chi connectivity index (χ0n) is 17.2. The average molecular weight is 469 g/mol. The van der Waals surface area contributed by atoms with Crippen LogP contribution in [0.25, 0.3) is 0 Å². The molecule has 9 heteroatoms. The van der Waals surface area contributed by atoms with Crippen LogP contribution in [0.4, 0.5) is 4.79 Å². The fourth-order valence-corrected chi connectivity index (χ4v) is 2.93. The molecule has 0 spiro atoms. The standard InChI is InChI=1S/C19H30N3O5.Y/c1-6-17(23)20-13-11-14(21-18(24)27-19(2,3)4)16(25-5)12-15(13)22-7-9-26-10-8-22;/h11,16H,1,6-10,12H2,2-5H3,(H,20,23)(H,21,24);/q-1;. The number of methoxy groups -OCH3 is 1. The number of hydrogen-bond donors (Lipinski definition) is 2. The Labute approximate surface area is 192 Å².